The van der Waals surface area contributed by atoms with Gasteiger partial charge in [-0.1, -0.05) is 30.3 Å². The molecule has 0 unspecified atom stereocenters. The number of hydrogen-bond donors (Lipinski definition) is 2. The average molecular weight is 471 g/mol. The third-order valence-electron chi connectivity index (χ3n) is 6.53. The molecule has 0 aliphatic heterocycles. The molecule has 0 aliphatic rings. The number of benzene rings is 3. The number of imidazole rings is 1. The number of fused-ring (bicyclic) bond motifs is 2. The molecule has 0 saturated heterocycles. The molecule has 7 nitrogen and oxygen atoms in total. The number of aryl methyl sites for hydroxylation is 2. The van der Waals surface area contributed by atoms with Crippen molar-refractivity contribution in [2.75, 3.05) is 13.7 Å². The lowest BCUT2D eigenvalue weighted by Crippen LogP contribution is -2.19. The van der Waals surface area contributed by atoms with Crippen molar-refractivity contribution in [1.82, 2.24) is 19.4 Å². The van der Waals surface area contributed by atoms with Gasteiger partial charge in [0.2, 0.25) is 0 Å². The molecule has 0 atom stereocenters. The smallest absolute Gasteiger partial charge is 0.328 e. The van der Waals surface area contributed by atoms with Gasteiger partial charge in [-0.2, -0.15) is 0 Å². The molecule has 3 aromatic carbocycles. The standard InChI is InChI=1S/C28H30N4O3/c1-31-24-10-8-20(14-25(24)32(2)28(31)33)18-35-26-11-9-19(15-27(26)34-3)16-29-13-12-21-17-30-23-7-5-4-6-22(21)23/h4-11,14-15,17,29-30H,12-13,16,18H2,1-3H3. The largest absolute Gasteiger partial charge is 0.493 e. The Morgan fingerprint density at radius 1 is 0.914 bits per heavy atom. The number of aromatic amines is 1. The van der Waals surface area contributed by atoms with Crippen molar-refractivity contribution >= 4 is 21.9 Å². The normalized spacial score (nSPS) is 11.4. The van der Waals surface area contributed by atoms with E-state index in [0.29, 0.717) is 18.1 Å². The summed E-state index contributed by atoms with van der Waals surface area (Å²) in [6.45, 7) is 2.02. The fourth-order valence-electron chi connectivity index (χ4n) is 4.54. The summed E-state index contributed by atoms with van der Waals surface area (Å²) in [5.41, 5.74) is 6.38. The van der Waals surface area contributed by atoms with E-state index in [-0.39, 0.29) is 5.69 Å². The lowest BCUT2D eigenvalue weighted by atomic mass is 10.1. The molecule has 35 heavy (non-hydrogen) atoms. The number of nitrogens with zero attached hydrogens (tertiary/aromatic N) is 2. The third kappa shape index (κ3) is 4.55. The van der Waals surface area contributed by atoms with Crippen LogP contribution in [0.3, 0.4) is 0 Å². The zero-order valence-corrected chi connectivity index (χ0v) is 20.3. The predicted octanol–water partition coefficient (Wildman–Crippen LogP) is 4.28. The van der Waals surface area contributed by atoms with Gasteiger partial charge in [0.15, 0.2) is 11.5 Å². The maximum Gasteiger partial charge on any atom is 0.328 e. The minimum Gasteiger partial charge on any atom is -0.493 e. The van der Waals surface area contributed by atoms with Gasteiger partial charge in [0, 0.05) is 37.7 Å². The van der Waals surface area contributed by atoms with Gasteiger partial charge in [0.05, 0.1) is 18.1 Å². The number of nitrogens with one attached hydrogen (secondary N) is 2. The molecule has 180 valence electrons. The highest BCUT2D eigenvalue weighted by molar-refractivity contribution is 5.83. The second-order valence-corrected chi connectivity index (χ2v) is 8.78. The fourth-order valence-corrected chi connectivity index (χ4v) is 4.54. The van der Waals surface area contributed by atoms with E-state index < -0.39 is 0 Å². The van der Waals surface area contributed by atoms with Crippen LogP contribution in [0.4, 0.5) is 0 Å². The second-order valence-electron chi connectivity index (χ2n) is 8.78. The summed E-state index contributed by atoms with van der Waals surface area (Å²) < 4.78 is 15.0. The Balaban J connectivity index is 1.19. The van der Waals surface area contributed by atoms with Crippen molar-refractivity contribution in [2.24, 2.45) is 14.1 Å². The summed E-state index contributed by atoms with van der Waals surface area (Å²) in [7, 11) is 5.22. The van der Waals surface area contributed by atoms with Gasteiger partial charge in [-0.25, -0.2) is 4.79 Å². The lowest BCUT2D eigenvalue weighted by Gasteiger charge is -2.13. The van der Waals surface area contributed by atoms with Gasteiger partial charge in [-0.3, -0.25) is 9.13 Å². The van der Waals surface area contributed by atoms with Gasteiger partial charge >= 0.3 is 5.69 Å². The van der Waals surface area contributed by atoms with Crippen LogP contribution in [0, 0.1) is 0 Å². The minimum atomic E-state index is -0.0367. The zero-order chi connectivity index (χ0) is 24.4. The predicted molar refractivity (Wildman–Crippen MR) is 139 cm³/mol. The summed E-state index contributed by atoms with van der Waals surface area (Å²) in [6, 6.07) is 20.3. The molecule has 0 fully saturated rings. The SMILES string of the molecule is COc1cc(CNCCc2c[nH]c3ccccc23)ccc1OCc1ccc2c(c1)n(C)c(=O)n2C. The number of para-hydroxylation sites is 1. The second kappa shape index (κ2) is 9.72. The van der Waals surface area contributed by atoms with E-state index in [4.69, 9.17) is 9.47 Å². The molecular weight excluding hydrogens is 440 g/mol. The summed E-state index contributed by atoms with van der Waals surface area (Å²) in [5.74, 6) is 1.39. The first-order valence-corrected chi connectivity index (χ1v) is 11.7. The fraction of sp³-hybridized carbons (Fsp3) is 0.250. The highest BCUT2D eigenvalue weighted by Crippen LogP contribution is 2.29. The number of H-pyrrole nitrogens is 1. The summed E-state index contributed by atoms with van der Waals surface area (Å²) >= 11 is 0. The minimum absolute atomic E-state index is 0.0367. The van der Waals surface area contributed by atoms with Crippen LogP contribution in [0.25, 0.3) is 21.9 Å². The van der Waals surface area contributed by atoms with E-state index in [2.05, 4.69) is 40.8 Å². The topological polar surface area (TPSA) is 73.2 Å². The number of rotatable bonds is 9. The molecule has 5 rings (SSSR count). The Labute approximate surface area is 203 Å². The highest BCUT2D eigenvalue weighted by Gasteiger charge is 2.10. The third-order valence-corrected chi connectivity index (χ3v) is 6.53. The molecule has 0 bridgehead atoms. The average Bonchev–Trinajstić information content (AvgIpc) is 3.40. The van der Waals surface area contributed by atoms with Gasteiger partial charge in [0.25, 0.3) is 0 Å². The Kier molecular flexibility index (Phi) is 6.33. The van der Waals surface area contributed by atoms with E-state index in [1.165, 1.54) is 16.5 Å². The van der Waals surface area contributed by atoms with Crippen LogP contribution < -0.4 is 20.5 Å². The van der Waals surface area contributed by atoms with Gasteiger partial charge in [0.1, 0.15) is 6.61 Å². The molecule has 0 aliphatic carbocycles. The Morgan fingerprint density at radius 3 is 2.57 bits per heavy atom. The monoisotopic (exact) mass is 470 g/mol. The molecule has 0 spiro atoms. The summed E-state index contributed by atoms with van der Waals surface area (Å²) in [6.07, 6.45) is 3.05. The van der Waals surface area contributed by atoms with Crippen molar-refractivity contribution in [3.8, 4) is 11.5 Å². The van der Waals surface area contributed by atoms with E-state index in [0.717, 1.165) is 41.7 Å². The van der Waals surface area contributed by atoms with Gasteiger partial charge < -0.3 is 19.8 Å². The summed E-state index contributed by atoms with van der Waals surface area (Å²) in [5, 5.41) is 4.81. The molecule has 7 heteroatoms. The molecule has 2 N–H and O–H groups in total. The number of hydrogen-bond acceptors (Lipinski definition) is 4. The van der Waals surface area contributed by atoms with Crippen molar-refractivity contribution in [1.29, 1.82) is 0 Å². The quantitative estimate of drug-likeness (QED) is 0.316. The number of aromatic nitrogens is 3. The Hall–Kier alpha value is -3.97. The van der Waals surface area contributed by atoms with Crippen LogP contribution >= 0.6 is 0 Å². The first-order chi connectivity index (χ1) is 17.0. The molecule has 2 aromatic heterocycles. The molecule has 0 saturated carbocycles. The van der Waals surface area contributed by atoms with Gasteiger partial charge in [-0.05, 0) is 60.0 Å². The van der Waals surface area contributed by atoms with E-state index >= 15 is 0 Å². The maximum atomic E-state index is 12.2. The first-order valence-electron chi connectivity index (χ1n) is 11.7. The van der Waals surface area contributed by atoms with Crippen LogP contribution in [0.15, 0.2) is 71.7 Å². The number of ether oxygens (including phenoxy) is 2. The molecular formula is C28H30N4O3. The van der Waals surface area contributed by atoms with Crippen LogP contribution in [-0.4, -0.2) is 27.8 Å². The molecule has 0 radical (unpaired) electrons. The van der Waals surface area contributed by atoms with Crippen molar-refractivity contribution in [3.63, 3.8) is 0 Å². The lowest BCUT2D eigenvalue weighted by molar-refractivity contribution is 0.284. The summed E-state index contributed by atoms with van der Waals surface area (Å²) in [4.78, 5) is 15.5. The van der Waals surface area contributed by atoms with Crippen molar-refractivity contribution in [2.45, 2.75) is 19.6 Å². The first kappa shape index (κ1) is 22.8. The van der Waals surface area contributed by atoms with E-state index in [1.807, 2.05) is 36.4 Å². The van der Waals surface area contributed by atoms with Crippen LogP contribution in [0.1, 0.15) is 16.7 Å². The van der Waals surface area contributed by atoms with Crippen molar-refractivity contribution in [3.05, 3.63) is 94.0 Å². The zero-order valence-electron chi connectivity index (χ0n) is 20.3. The van der Waals surface area contributed by atoms with E-state index in [1.54, 1.807) is 30.3 Å². The number of methoxy groups -OCH3 is 1. The van der Waals surface area contributed by atoms with Crippen LogP contribution in [0.2, 0.25) is 0 Å². The maximum absolute atomic E-state index is 12.2. The Bertz CT molecular complexity index is 1540. The van der Waals surface area contributed by atoms with Crippen LogP contribution in [0.5, 0.6) is 11.5 Å². The molecule has 2 heterocycles. The van der Waals surface area contributed by atoms with E-state index in [9.17, 15) is 4.79 Å². The Morgan fingerprint density at radius 2 is 1.71 bits per heavy atom. The van der Waals surface area contributed by atoms with Crippen LogP contribution in [-0.2, 0) is 33.7 Å². The molecule has 0 amide bonds. The van der Waals surface area contributed by atoms with Gasteiger partial charge in [-0.15, -0.1) is 0 Å². The van der Waals surface area contributed by atoms with Crippen molar-refractivity contribution < 1.29 is 9.47 Å². The molecule has 5 aromatic rings. The highest BCUT2D eigenvalue weighted by atomic mass is 16.5.